The van der Waals surface area contributed by atoms with Crippen LogP contribution in [-0.4, -0.2) is 34.2 Å². The molecule has 0 aliphatic carbocycles. The molecule has 2 heterocycles. The third kappa shape index (κ3) is 3.78. The fraction of sp³-hybridized carbons (Fsp3) is 0.0526. The first-order valence-electron chi connectivity index (χ1n) is 8.48. The summed E-state index contributed by atoms with van der Waals surface area (Å²) in [6.07, 6.45) is 3.79. The van der Waals surface area contributed by atoms with Gasteiger partial charge in [-0.05, 0) is 35.4 Å². The predicted octanol–water partition coefficient (Wildman–Crippen LogP) is 3.34. The summed E-state index contributed by atoms with van der Waals surface area (Å²) in [4.78, 5) is 14.7. The fourth-order valence-electron chi connectivity index (χ4n) is 3.03. The number of hydrogen-bond acceptors (Lipinski definition) is 6. The van der Waals surface area contributed by atoms with Crippen LogP contribution in [0.15, 0.2) is 67.0 Å². The number of benzene rings is 2. The predicted molar refractivity (Wildman–Crippen MR) is 109 cm³/mol. The van der Waals surface area contributed by atoms with Gasteiger partial charge in [0.1, 0.15) is 6.20 Å². The average molecular weight is 409 g/mol. The van der Waals surface area contributed by atoms with E-state index in [4.69, 9.17) is 0 Å². The Morgan fingerprint density at radius 1 is 1.03 bits per heavy atom. The lowest BCUT2D eigenvalue weighted by molar-refractivity contribution is -0.383. The summed E-state index contributed by atoms with van der Waals surface area (Å²) in [6, 6.07) is 16.3. The summed E-state index contributed by atoms with van der Waals surface area (Å²) in [5.74, 6) is 0. The molecule has 4 rings (SSSR count). The minimum Gasteiger partial charge on any atom is -0.284 e. The molecule has 0 saturated heterocycles. The number of nitrogens with zero attached hydrogens (tertiary/aromatic N) is 4. The Morgan fingerprint density at radius 2 is 1.76 bits per heavy atom. The van der Waals surface area contributed by atoms with Crippen LogP contribution >= 0.6 is 0 Å². The van der Waals surface area contributed by atoms with Crippen LogP contribution in [0.4, 0.5) is 11.4 Å². The number of nitrogens with one attached hydrogen (secondary N) is 1. The Balaban J connectivity index is 1.73. The Morgan fingerprint density at radius 3 is 2.45 bits per heavy atom. The first kappa shape index (κ1) is 18.6. The van der Waals surface area contributed by atoms with Gasteiger partial charge in [-0.15, -0.1) is 0 Å². The second-order valence-corrected chi connectivity index (χ2v) is 8.13. The Bertz CT molecular complexity index is 1330. The summed E-state index contributed by atoms with van der Waals surface area (Å²) in [5, 5.41) is 15.3. The minimum absolute atomic E-state index is 0.156. The van der Waals surface area contributed by atoms with Crippen molar-refractivity contribution in [2.45, 2.75) is 0 Å². The zero-order chi connectivity index (χ0) is 20.6. The monoisotopic (exact) mass is 409 g/mol. The second kappa shape index (κ2) is 6.99. The number of fused-ring (bicyclic) bond motifs is 1. The van der Waals surface area contributed by atoms with E-state index in [1.807, 2.05) is 36.4 Å². The Labute approximate surface area is 165 Å². The van der Waals surface area contributed by atoms with Crippen molar-refractivity contribution in [3.63, 3.8) is 0 Å². The van der Waals surface area contributed by atoms with E-state index in [-0.39, 0.29) is 11.3 Å². The third-order valence-electron chi connectivity index (χ3n) is 4.26. The van der Waals surface area contributed by atoms with Crippen LogP contribution in [0.3, 0.4) is 0 Å². The van der Waals surface area contributed by atoms with Gasteiger partial charge < -0.3 is 0 Å². The molecule has 4 aromatic rings. The van der Waals surface area contributed by atoms with E-state index in [1.165, 1.54) is 16.9 Å². The van der Waals surface area contributed by atoms with E-state index in [0.717, 1.165) is 22.9 Å². The molecule has 2 aromatic carbocycles. The maximum absolute atomic E-state index is 11.3. The summed E-state index contributed by atoms with van der Waals surface area (Å²) >= 11 is 0. The zero-order valence-corrected chi connectivity index (χ0v) is 16.0. The standard InChI is InChI=1S/C19H15N5O4S/c1-29(27,28)22-16-7-5-13(6-8-16)14-3-2-4-15(11-14)17-9-10-20-19-18(24(25)26)12-21-23(17)19/h2-12,22H,1H3. The molecule has 29 heavy (non-hydrogen) atoms. The fourth-order valence-corrected chi connectivity index (χ4v) is 3.59. The first-order valence-corrected chi connectivity index (χ1v) is 10.4. The van der Waals surface area contributed by atoms with Gasteiger partial charge >= 0.3 is 5.69 Å². The minimum atomic E-state index is -3.34. The van der Waals surface area contributed by atoms with Crippen LogP contribution in [0.2, 0.25) is 0 Å². The van der Waals surface area contributed by atoms with Gasteiger partial charge in [-0.1, -0.05) is 30.3 Å². The quantitative estimate of drug-likeness (QED) is 0.399. The highest BCUT2D eigenvalue weighted by atomic mass is 32.2. The zero-order valence-electron chi connectivity index (χ0n) is 15.2. The van der Waals surface area contributed by atoms with Gasteiger partial charge in [0.25, 0.3) is 0 Å². The van der Waals surface area contributed by atoms with Crippen molar-refractivity contribution in [3.8, 4) is 22.4 Å². The molecular formula is C19H15N5O4S. The van der Waals surface area contributed by atoms with Gasteiger partial charge in [0, 0.05) is 17.4 Å². The van der Waals surface area contributed by atoms with E-state index < -0.39 is 14.9 Å². The van der Waals surface area contributed by atoms with E-state index in [0.29, 0.717) is 11.4 Å². The number of rotatable bonds is 5. The number of anilines is 1. The molecule has 0 radical (unpaired) electrons. The molecule has 0 unspecified atom stereocenters. The molecule has 0 spiro atoms. The lowest BCUT2D eigenvalue weighted by atomic mass is 10.0. The normalized spacial score (nSPS) is 11.5. The molecule has 0 amide bonds. The molecule has 146 valence electrons. The molecule has 2 aromatic heterocycles. The Kier molecular flexibility index (Phi) is 4.47. The van der Waals surface area contributed by atoms with E-state index in [9.17, 15) is 18.5 Å². The van der Waals surface area contributed by atoms with E-state index >= 15 is 0 Å². The molecule has 0 aliphatic rings. The molecule has 0 aliphatic heterocycles. The number of aromatic nitrogens is 3. The SMILES string of the molecule is CS(=O)(=O)Nc1ccc(-c2cccc(-c3ccnc4c([N+](=O)[O-])cnn34)c2)cc1. The highest BCUT2D eigenvalue weighted by Crippen LogP contribution is 2.29. The molecule has 0 fully saturated rings. The van der Waals surface area contributed by atoms with Gasteiger partial charge in [-0.3, -0.25) is 14.8 Å². The molecule has 0 saturated carbocycles. The van der Waals surface area contributed by atoms with Crippen molar-refractivity contribution in [1.82, 2.24) is 14.6 Å². The summed E-state index contributed by atoms with van der Waals surface area (Å²) < 4.78 is 26.6. The molecular weight excluding hydrogens is 394 g/mol. The highest BCUT2D eigenvalue weighted by molar-refractivity contribution is 7.92. The van der Waals surface area contributed by atoms with Gasteiger partial charge in [0.05, 0.1) is 16.9 Å². The molecule has 10 heteroatoms. The van der Waals surface area contributed by atoms with Crippen molar-refractivity contribution in [1.29, 1.82) is 0 Å². The van der Waals surface area contributed by atoms with Gasteiger partial charge in [0.2, 0.25) is 15.7 Å². The maximum Gasteiger partial charge on any atom is 0.333 e. The second-order valence-electron chi connectivity index (χ2n) is 6.38. The maximum atomic E-state index is 11.3. The van der Waals surface area contributed by atoms with Crippen LogP contribution in [0.5, 0.6) is 0 Å². The highest BCUT2D eigenvalue weighted by Gasteiger charge is 2.18. The van der Waals surface area contributed by atoms with Crippen molar-refractivity contribution in [2.24, 2.45) is 0 Å². The van der Waals surface area contributed by atoms with Gasteiger partial charge in [-0.2, -0.15) is 5.10 Å². The number of nitro groups is 1. The van der Waals surface area contributed by atoms with Gasteiger partial charge in [0.15, 0.2) is 0 Å². The first-order chi connectivity index (χ1) is 13.8. The summed E-state index contributed by atoms with van der Waals surface area (Å²) in [5.41, 5.74) is 3.77. The van der Waals surface area contributed by atoms with Crippen molar-refractivity contribution in [2.75, 3.05) is 11.0 Å². The van der Waals surface area contributed by atoms with Crippen LogP contribution in [-0.2, 0) is 10.0 Å². The topological polar surface area (TPSA) is 120 Å². The van der Waals surface area contributed by atoms with Crippen LogP contribution < -0.4 is 4.72 Å². The van der Waals surface area contributed by atoms with Crippen molar-refractivity contribution < 1.29 is 13.3 Å². The summed E-state index contributed by atoms with van der Waals surface area (Å²) in [7, 11) is -3.34. The van der Waals surface area contributed by atoms with E-state index in [2.05, 4.69) is 14.8 Å². The third-order valence-corrected chi connectivity index (χ3v) is 4.87. The molecule has 9 nitrogen and oxygen atoms in total. The van der Waals surface area contributed by atoms with Crippen LogP contribution in [0.25, 0.3) is 28.0 Å². The smallest absolute Gasteiger partial charge is 0.284 e. The average Bonchev–Trinajstić information content (AvgIpc) is 3.12. The van der Waals surface area contributed by atoms with E-state index in [1.54, 1.807) is 18.2 Å². The van der Waals surface area contributed by atoms with Crippen LogP contribution in [0, 0.1) is 10.1 Å². The van der Waals surface area contributed by atoms with Gasteiger partial charge in [-0.25, -0.2) is 17.9 Å². The van der Waals surface area contributed by atoms with Crippen molar-refractivity contribution in [3.05, 3.63) is 77.1 Å². The molecule has 0 bridgehead atoms. The number of sulfonamides is 1. The molecule has 1 N–H and O–H groups in total. The lowest BCUT2D eigenvalue weighted by Crippen LogP contribution is -2.09. The summed E-state index contributed by atoms with van der Waals surface area (Å²) in [6.45, 7) is 0. The molecule has 0 atom stereocenters. The van der Waals surface area contributed by atoms with Crippen molar-refractivity contribution >= 4 is 27.0 Å². The van der Waals surface area contributed by atoms with Crippen LogP contribution in [0.1, 0.15) is 0 Å². The number of hydrogen-bond donors (Lipinski definition) is 1. The Hall–Kier alpha value is -3.79. The lowest BCUT2D eigenvalue weighted by Gasteiger charge is -2.09. The largest absolute Gasteiger partial charge is 0.333 e.